The predicted molar refractivity (Wildman–Crippen MR) is 66.4 cm³/mol. The lowest BCUT2D eigenvalue weighted by Crippen LogP contribution is -2.43. The van der Waals surface area contributed by atoms with E-state index in [1.165, 1.54) is 5.69 Å². The first-order chi connectivity index (χ1) is 8.43. The molecule has 0 saturated carbocycles. The van der Waals surface area contributed by atoms with Crippen LogP contribution < -0.4 is 10.2 Å². The van der Waals surface area contributed by atoms with Crippen molar-refractivity contribution in [3.8, 4) is 5.69 Å². The minimum absolute atomic E-state index is 1.05. The van der Waals surface area contributed by atoms with Crippen LogP contribution in [0, 0.1) is 0 Å². The van der Waals surface area contributed by atoms with Crippen LogP contribution in [0.3, 0.4) is 0 Å². The van der Waals surface area contributed by atoms with Crippen LogP contribution in [-0.4, -0.2) is 40.9 Å². The van der Waals surface area contributed by atoms with Gasteiger partial charge in [-0.2, -0.15) is 5.10 Å². The van der Waals surface area contributed by atoms with Gasteiger partial charge in [0.2, 0.25) is 0 Å². The van der Waals surface area contributed by atoms with Crippen molar-refractivity contribution in [2.24, 2.45) is 0 Å². The summed E-state index contributed by atoms with van der Waals surface area (Å²) in [6.07, 6.45) is 3.27. The molecule has 0 bridgehead atoms. The van der Waals surface area contributed by atoms with Crippen LogP contribution in [0.4, 0.5) is 5.69 Å². The van der Waals surface area contributed by atoms with Gasteiger partial charge in [0.1, 0.15) is 12.7 Å². The highest BCUT2D eigenvalue weighted by atomic mass is 15.3. The second-order valence-corrected chi connectivity index (χ2v) is 4.10. The van der Waals surface area contributed by atoms with Gasteiger partial charge in [-0.3, -0.25) is 0 Å². The standard InChI is InChI=1S/C12H15N5/c1-2-11(16-6-4-13-5-7-16)8-12(3-1)17-10-14-9-15-17/h1-3,8-10,13H,4-7H2. The van der Waals surface area contributed by atoms with Gasteiger partial charge >= 0.3 is 0 Å². The number of nitrogens with one attached hydrogen (secondary N) is 1. The van der Waals surface area contributed by atoms with Crippen LogP contribution in [0.5, 0.6) is 0 Å². The molecule has 1 saturated heterocycles. The Morgan fingerprint density at radius 2 is 1.94 bits per heavy atom. The highest BCUT2D eigenvalue weighted by Gasteiger charge is 2.10. The quantitative estimate of drug-likeness (QED) is 0.822. The molecule has 0 atom stereocenters. The van der Waals surface area contributed by atoms with E-state index in [1.807, 2.05) is 6.07 Å². The molecule has 1 aliphatic rings. The molecule has 0 unspecified atom stereocenters. The molecule has 5 nitrogen and oxygen atoms in total. The summed E-state index contributed by atoms with van der Waals surface area (Å²) in [5.41, 5.74) is 2.30. The Kier molecular flexibility index (Phi) is 2.75. The van der Waals surface area contributed by atoms with Crippen molar-refractivity contribution in [2.45, 2.75) is 0 Å². The van der Waals surface area contributed by atoms with Gasteiger partial charge in [0.05, 0.1) is 5.69 Å². The summed E-state index contributed by atoms with van der Waals surface area (Å²) in [4.78, 5) is 6.35. The average Bonchev–Trinajstić information content (AvgIpc) is 2.94. The summed E-state index contributed by atoms with van der Waals surface area (Å²) in [7, 11) is 0. The van der Waals surface area contributed by atoms with Gasteiger partial charge in [-0.05, 0) is 18.2 Å². The van der Waals surface area contributed by atoms with Crippen LogP contribution in [-0.2, 0) is 0 Å². The molecule has 0 radical (unpaired) electrons. The third-order valence-corrected chi connectivity index (χ3v) is 3.00. The van der Waals surface area contributed by atoms with Crippen molar-refractivity contribution in [2.75, 3.05) is 31.1 Å². The predicted octanol–water partition coefficient (Wildman–Crippen LogP) is 0.677. The monoisotopic (exact) mass is 229 g/mol. The lowest BCUT2D eigenvalue weighted by molar-refractivity contribution is 0.589. The molecule has 0 aliphatic carbocycles. The number of hydrogen-bond donors (Lipinski definition) is 1. The number of nitrogens with zero attached hydrogens (tertiary/aromatic N) is 4. The lowest BCUT2D eigenvalue weighted by atomic mass is 10.2. The first-order valence-electron chi connectivity index (χ1n) is 5.84. The van der Waals surface area contributed by atoms with Crippen molar-refractivity contribution in [1.29, 1.82) is 0 Å². The lowest BCUT2D eigenvalue weighted by Gasteiger charge is -2.29. The van der Waals surface area contributed by atoms with E-state index in [9.17, 15) is 0 Å². The largest absolute Gasteiger partial charge is 0.369 e. The summed E-state index contributed by atoms with van der Waals surface area (Å²) in [6, 6.07) is 8.40. The maximum atomic E-state index is 4.15. The maximum absolute atomic E-state index is 4.15. The van der Waals surface area contributed by atoms with Gasteiger partial charge in [0.15, 0.2) is 0 Å². The Morgan fingerprint density at radius 3 is 2.71 bits per heavy atom. The number of aromatic nitrogens is 3. The minimum Gasteiger partial charge on any atom is -0.369 e. The molecule has 1 aromatic heterocycles. The Hall–Kier alpha value is -1.88. The van der Waals surface area contributed by atoms with E-state index in [0.29, 0.717) is 0 Å². The molecule has 0 spiro atoms. The van der Waals surface area contributed by atoms with E-state index < -0.39 is 0 Å². The van der Waals surface area contributed by atoms with Gasteiger partial charge in [-0.25, -0.2) is 9.67 Å². The van der Waals surface area contributed by atoms with E-state index in [2.05, 4.69) is 38.5 Å². The van der Waals surface area contributed by atoms with Crippen LogP contribution in [0.25, 0.3) is 5.69 Å². The van der Waals surface area contributed by atoms with Crippen molar-refractivity contribution < 1.29 is 0 Å². The molecule has 17 heavy (non-hydrogen) atoms. The molecule has 5 heteroatoms. The third-order valence-electron chi connectivity index (χ3n) is 3.00. The fourth-order valence-electron chi connectivity index (χ4n) is 2.10. The fraction of sp³-hybridized carbons (Fsp3) is 0.333. The summed E-state index contributed by atoms with van der Waals surface area (Å²) in [5.74, 6) is 0. The fourth-order valence-corrected chi connectivity index (χ4v) is 2.10. The number of benzene rings is 1. The van der Waals surface area contributed by atoms with Gasteiger partial charge < -0.3 is 10.2 Å². The van der Waals surface area contributed by atoms with E-state index in [-0.39, 0.29) is 0 Å². The molecule has 3 rings (SSSR count). The van der Waals surface area contributed by atoms with Crippen molar-refractivity contribution >= 4 is 5.69 Å². The van der Waals surface area contributed by atoms with Crippen molar-refractivity contribution in [3.63, 3.8) is 0 Å². The molecule has 2 aromatic rings. The molecule has 2 heterocycles. The van der Waals surface area contributed by atoms with Crippen LogP contribution >= 0.6 is 0 Å². The molecule has 0 amide bonds. The van der Waals surface area contributed by atoms with E-state index >= 15 is 0 Å². The number of anilines is 1. The first-order valence-corrected chi connectivity index (χ1v) is 5.84. The zero-order valence-corrected chi connectivity index (χ0v) is 9.58. The molecule has 1 aliphatic heterocycles. The molecule has 88 valence electrons. The summed E-state index contributed by atoms with van der Waals surface area (Å²) in [5, 5.41) is 7.50. The molecular weight excluding hydrogens is 214 g/mol. The molecular formula is C12H15N5. The molecule has 1 fully saturated rings. The SMILES string of the molecule is c1cc(N2CCNCC2)cc(-n2cncn2)c1. The van der Waals surface area contributed by atoms with E-state index in [0.717, 1.165) is 31.9 Å². The molecule has 1 N–H and O–H groups in total. The second-order valence-electron chi connectivity index (χ2n) is 4.10. The number of hydrogen-bond acceptors (Lipinski definition) is 4. The van der Waals surface area contributed by atoms with Gasteiger partial charge in [-0.1, -0.05) is 6.07 Å². The Morgan fingerprint density at radius 1 is 1.12 bits per heavy atom. The van der Waals surface area contributed by atoms with Crippen LogP contribution in [0.1, 0.15) is 0 Å². The summed E-state index contributed by atoms with van der Waals surface area (Å²) in [6.45, 7) is 4.21. The Balaban J connectivity index is 1.88. The normalized spacial score (nSPS) is 16.1. The third kappa shape index (κ3) is 2.14. The smallest absolute Gasteiger partial charge is 0.138 e. The maximum Gasteiger partial charge on any atom is 0.138 e. The minimum atomic E-state index is 1.05. The summed E-state index contributed by atoms with van der Waals surface area (Å²) < 4.78 is 1.78. The zero-order chi connectivity index (χ0) is 11.5. The van der Waals surface area contributed by atoms with E-state index in [4.69, 9.17) is 0 Å². The van der Waals surface area contributed by atoms with Gasteiger partial charge in [-0.15, -0.1) is 0 Å². The highest BCUT2D eigenvalue weighted by Crippen LogP contribution is 2.18. The summed E-state index contributed by atoms with van der Waals surface area (Å²) >= 11 is 0. The topological polar surface area (TPSA) is 46.0 Å². The van der Waals surface area contributed by atoms with Crippen LogP contribution in [0.15, 0.2) is 36.9 Å². The van der Waals surface area contributed by atoms with Crippen LogP contribution in [0.2, 0.25) is 0 Å². The second kappa shape index (κ2) is 4.55. The van der Waals surface area contributed by atoms with Gasteiger partial charge in [0, 0.05) is 31.9 Å². The average molecular weight is 229 g/mol. The molecule has 1 aromatic carbocycles. The van der Waals surface area contributed by atoms with E-state index in [1.54, 1.807) is 17.3 Å². The first kappa shape index (κ1) is 10.3. The number of piperazine rings is 1. The Bertz CT molecular complexity index is 473. The van der Waals surface area contributed by atoms with Crippen molar-refractivity contribution in [1.82, 2.24) is 20.1 Å². The Labute approximate surface area is 100 Å². The van der Waals surface area contributed by atoms with Gasteiger partial charge in [0.25, 0.3) is 0 Å². The van der Waals surface area contributed by atoms with Crippen molar-refractivity contribution in [3.05, 3.63) is 36.9 Å². The highest BCUT2D eigenvalue weighted by molar-refractivity contribution is 5.53. The zero-order valence-electron chi connectivity index (χ0n) is 9.58. The number of rotatable bonds is 2.